The molecule has 3 aromatic rings. The third-order valence-electron chi connectivity index (χ3n) is 6.46. The predicted molar refractivity (Wildman–Crippen MR) is 121 cm³/mol. The number of aromatic nitrogens is 4. The Balaban J connectivity index is 1.82. The van der Waals surface area contributed by atoms with Gasteiger partial charge in [-0.05, 0) is 39.8 Å². The number of rotatable bonds is 3. The van der Waals surface area contributed by atoms with Gasteiger partial charge in [-0.1, -0.05) is 12.1 Å². The number of hydrogen-bond donors (Lipinski definition) is 0. The maximum absolute atomic E-state index is 12.8. The normalized spacial score (nSPS) is 21.2. The summed E-state index contributed by atoms with van der Waals surface area (Å²) < 4.78 is 38.0. The topological polar surface area (TPSA) is 99.4 Å². The highest BCUT2D eigenvalue weighted by molar-refractivity contribution is 7.91. The van der Waals surface area contributed by atoms with E-state index in [4.69, 9.17) is 19.4 Å². The number of morpholine rings is 1. The lowest BCUT2D eigenvalue weighted by Crippen LogP contribution is -2.56. The van der Waals surface area contributed by atoms with Crippen molar-refractivity contribution in [2.75, 3.05) is 31.0 Å². The molecule has 0 aliphatic carbocycles. The number of sulfone groups is 1. The summed E-state index contributed by atoms with van der Waals surface area (Å²) in [6, 6.07) is 7.82. The molecule has 2 aromatic heterocycles. The Bertz CT molecular complexity index is 1320. The first-order chi connectivity index (χ1) is 15.1. The van der Waals surface area contributed by atoms with E-state index in [1.165, 1.54) is 6.26 Å². The number of nitrogens with zero attached hydrogens (tertiary/aromatic N) is 5. The zero-order valence-corrected chi connectivity index (χ0v) is 19.7. The Hall–Kier alpha value is -2.72. The van der Waals surface area contributed by atoms with E-state index < -0.39 is 14.6 Å². The molecule has 0 spiro atoms. The first-order valence-corrected chi connectivity index (χ1v) is 12.5. The van der Waals surface area contributed by atoms with Gasteiger partial charge in [-0.3, -0.25) is 4.57 Å². The van der Waals surface area contributed by atoms with Crippen LogP contribution in [0.3, 0.4) is 0 Å². The molecule has 0 N–H and O–H groups in total. The maximum Gasteiger partial charge on any atom is 0.238 e. The molecule has 0 saturated carbocycles. The summed E-state index contributed by atoms with van der Waals surface area (Å²) in [6.45, 7) is 8.76. The van der Waals surface area contributed by atoms with Crippen molar-refractivity contribution in [2.24, 2.45) is 0 Å². The van der Waals surface area contributed by atoms with E-state index >= 15 is 0 Å². The number of imidazole rings is 1. The summed E-state index contributed by atoms with van der Waals surface area (Å²) in [7, 11) is -3.51. The zero-order chi connectivity index (χ0) is 22.8. The van der Waals surface area contributed by atoms with Crippen LogP contribution in [-0.4, -0.2) is 66.1 Å². The molecule has 1 aromatic carbocycles. The second-order valence-electron chi connectivity index (χ2n) is 9.05. The van der Waals surface area contributed by atoms with E-state index in [9.17, 15) is 8.42 Å². The van der Waals surface area contributed by atoms with Crippen LogP contribution >= 0.6 is 0 Å². The highest BCUT2D eigenvalue weighted by Gasteiger charge is 2.44. The lowest BCUT2D eigenvalue weighted by atomic mass is 10.0. The minimum atomic E-state index is -3.51. The lowest BCUT2D eigenvalue weighted by Gasteiger charge is -2.45. The van der Waals surface area contributed by atoms with Crippen molar-refractivity contribution < 1.29 is 17.9 Å². The summed E-state index contributed by atoms with van der Waals surface area (Å²) in [5, 5.41) is 0. The van der Waals surface area contributed by atoms with Crippen molar-refractivity contribution in [1.29, 1.82) is 0 Å². The largest absolute Gasteiger partial charge is 0.486 e. The van der Waals surface area contributed by atoms with Gasteiger partial charge in [0.2, 0.25) is 5.95 Å². The monoisotopic (exact) mass is 457 g/mol. The SMILES string of the molecule is Cc1nc2ccccc2n1-c1nc2c(c(C(C)(C)S(C)(=O)=O)n1)OC[C@@H]1COC[C@@H](C)N21. The molecule has 0 amide bonds. The fourth-order valence-corrected chi connectivity index (χ4v) is 4.89. The number of ether oxygens (including phenoxy) is 2. The van der Waals surface area contributed by atoms with Crippen LogP contribution in [-0.2, 0) is 19.3 Å². The Morgan fingerprint density at radius 2 is 1.84 bits per heavy atom. The molecular weight excluding hydrogens is 430 g/mol. The van der Waals surface area contributed by atoms with Gasteiger partial charge in [-0.25, -0.2) is 18.4 Å². The smallest absolute Gasteiger partial charge is 0.238 e. The van der Waals surface area contributed by atoms with Crippen molar-refractivity contribution in [3.63, 3.8) is 0 Å². The first-order valence-electron chi connectivity index (χ1n) is 10.6. The minimum Gasteiger partial charge on any atom is -0.486 e. The van der Waals surface area contributed by atoms with Crippen molar-refractivity contribution >= 4 is 26.7 Å². The third kappa shape index (κ3) is 3.07. The number of hydrogen-bond acceptors (Lipinski definition) is 8. The van der Waals surface area contributed by atoms with Crippen LogP contribution in [0.2, 0.25) is 0 Å². The van der Waals surface area contributed by atoms with Crippen molar-refractivity contribution in [2.45, 2.75) is 44.5 Å². The van der Waals surface area contributed by atoms with E-state index in [-0.39, 0.29) is 12.1 Å². The summed E-state index contributed by atoms with van der Waals surface area (Å²) in [4.78, 5) is 16.5. The van der Waals surface area contributed by atoms with Crippen LogP contribution < -0.4 is 9.64 Å². The standard InChI is InChI=1S/C22H27N5O4S/c1-13-10-30-11-15-12-31-18-19(22(3,4)32(5,28)29)24-21(25-20(18)26(13)15)27-14(2)23-16-8-6-7-9-17(16)27/h6-9,13,15H,10-12H2,1-5H3/t13-,15+/m1/s1. The van der Waals surface area contributed by atoms with Crippen LogP contribution in [0.4, 0.5) is 5.82 Å². The van der Waals surface area contributed by atoms with Crippen LogP contribution in [0.15, 0.2) is 24.3 Å². The highest BCUT2D eigenvalue weighted by Crippen LogP contribution is 2.44. The predicted octanol–water partition coefficient (Wildman–Crippen LogP) is 2.39. The minimum absolute atomic E-state index is 0.00354. The van der Waals surface area contributed by atoms with Gasteiger partial charge in [0.15, 0.2) is 21.4 Å². The molecule has 2 aliphatic heterocycles. The van der Waals surface area contributed by atoms with E-state index in [0.717, 1.165) is 16.9 Å². The Labute approximate surface area is 187 Å². The van der Waals surface area contributed by atoms with Gasteiger partial charge in [0.05, 0.1) is 36.3 Å². The molecule has 2 aliphatic rings. The molecule has 1 fully saturated rings. The van der Waals surface area contributed by atoms with Gasteiger partial charge in [-0.2, -0.15) is 4.98 Å². The molecule has 2 atom stereocenters. The van der Waals surface area contributed by atoms with Gasteiger partial charge < -0.3 is 14.4 Å². The molecule has 9 nitrogen and oxygen atoms in total. The summed E-state index contributed by atoms with van der Waals surface area (Å²) in [6.07, 6.45) is 1.22. The Morgan fingerprint density at radius 3 is 2.59 bits per heavy atom. The number of para-hydroxylation sites is 2. The average molecular weight is 458 g/mol. The number of anilines is 1. The number of benzene rings is 1. The summed E-state index contributed by atoms with van der Waals surface area (Å²) in [5.74, 6) is 2.13. The van der Waals surface area contributed by atoms with Gasteiger partial charge in [0.1, 0.15) is 22.9 Å². The molecule has 0 unspecified atom stereocenters. The average Bonchev–Trinajstić information content (AvgIpc) is 3.07. The second-order valence-corrected chi connectivity index (χ2v) is 11.6. The molecule has 10 heteroatoms. The quantitative estimate of drug-likeness (QED) is 0.591. The Kier molecular flexibility index (Phi) is 4.72. The summed E-state index contributed by atoms with van der Waals surface area (Å²) >= 11 is 0. The van der Waals surface area contributed by atoms with Gasteiger partial charge in [-0.15, -0.1) is 0 Å². The van der Waals surface area contributed by atoms with Crippen LogP contribution in [0.5, 0.6) is 5.75 Å². The zero-order valence-electron chi connectivity index (χ0n) is 18.9. The summed E-state index contributed by atoms with van der Waals surface area (Å²) in [5.41, 5.74) is 2.04. The van der Waals surface area contributed by atoms with Crippen molar-refractivity contribution in [1.82, 2.24) is 19.5 Å². The molecule has 32 heavy (non-hydrogen) atoms. The van der Waals surface area contributed by atoms with Gasteiger partial charge in [0.25, 0.3) is 0 Å². The lowest BCUT2D eigenvalue weighted by molar-refractivity contribution is 0.0482. The van der Waals surface area contributed by atoms with E-state index in [2.05, 4.69) is 16.8 Å². The number of aryl methyl sites for hydroxylation is 1. The third-order valence-corrected chi connectivity index (χ3v) is 8.51. The maximum atomic E-state index is 12.8. The fourth-order valence-electron chi connectivity index (χ4n) is 4.40. The van der Waals surface area contributed by atoms with E-state index in [1.54, 1.807) is 13.8 Å². The molecule has 0 radical (unpaired) electrons. The van der Waals surface area contributed by atoms with Gasteiger partial charge in [0, 0.05) is 6.26 Å². The van der Waals surface area contributed by atoms with Gasteiger partial charge >= 0.3 is 0 Å². The molecule has 1 saturated heterocycles. The Morgan fingerprint density at radius 1 is 1.09 bits per heavy atom. The molecule has 170 valence electrons. The second kappa shape index (κ2) is 7.14. The number of fused-ring (bicyclic) bond motifs is 4. The molecule has 0 bridgehead atoms. The molecule has 4 heterocycles. The highest BCUT2D eigenvalue weighted by atomic mass is 32.2. The van der Waals surface area contributed by atoms with E-state index in [1.807, 2.05) is 35.8 Å². The van der Waals surface area contributed by atoms with Crippen molar-refractivity contribution in [3.8, 4) is 11.7 Å². The van der Waals surface area contributed by atoms with Crippen LogP contribution in [0, 0.1) is 6.92 Å². The fraction of sp³-hybridized carbons (Fsp3) is 0.500. The van der Waals surface area contributed by atoms with Crippen molar-refractivity contribution in [3.05, 3.63) is 35.8 Å². The molecular formula is C22H27N5O4S. The van der Waals surface area contributed by atoms with Crippen LogP contribution in [0.25, 0.3) is 17.0 Å². The molecule has 5 rings (SSSR count). The van der Waals surface area contributed by atoms with E-state index in [0.29, 0.717) is 43.0 Å². The van der Waals surface area contributed by atoms with Crippen LogP contribution in [0.1, 0.15) is 32.3 Å². The first kappa shape index (κ1) is 21.1.